The quantitative estimate of drug-likeness (QED) is 0.783. The summed E-state index contributed by atoms with van der Waals surface area (Å²) in [5, 5.41) is 8.79. The molecule has 112 valence electrons. The Balaban J connectivity index is 2.13. The van der Waals surface area contributed by atoms with Crippen LogP contribution in [0, 0.1) is 17.8 Å². The fraction of sp³-hybridized carbons (Fsp3) is 0.800. The van der Waals surface area contributed by atoms with E-state index >= 15 is 0 Å². The zero-order valence-corrected chi connectivity index (χ0v) is 12.4. The van der Waals surface area contributed by atoms with Gasteiger partial charge >= 0.3 is 5.97 Å². The fourth-order valence-corrected chi connectivity index (χ4v) is 3.58. The molecule has 5 nitrogen and oxygen atoms in total. The lowest BCUT2D eigenvalue weighted by Crippen LogP contribution is -2.48. The maximum atomic E-state index is 12.5. The van der Waals surface area contributed by atoms with Gasteiger partial charge in [0.25, 0.3) is 0 Å². The third-order valence-electron chi connectivity index (χ3n) is 4.87. The second-order valence-corrected chi connectivity index (χ2v) is 6.68. The first-order valence-electron chi connectivity index (χ1n) is 7.37. The lowest BCUT2D eigenvalue weighted by Gasteiger charge is -2.34. The van der Waals surface area contributed by atoms with Gasteiger partial charge in [-0.3, -0.25) is 19.3 Å². The number of imide groups is 1. The number of hydrogen-bond donors (Lipinski definition) is 1. The van der Waals surface area contributed by atoms with Crippen LogP contribution in [0.25, 0.3) is 0 Å². The van der Waals surface area contributed by atoms with Crippen molar-refractivity contribution in [3.8, 4) is 0 Å². The number of amides is 2. The number of carbonyl (C=O) groups is 3. The number of carbonyl (C=O) groups excluding carboxylic acids is 2. The molecule has 1 N–H and O–H groups in total. The molecule has 1 saturated heterocycles. The van der Waals surface area contributed by atoms with E-state index in [1.54, 1.807) is 13.8 Å². The molecule has 2 fully saturated rings. The van der Waals surface area contributed by atoms with Gasteiger partial charge in [0, 0.05) is 12.0 Å². The van der Waals surface area contributed by atoms with Crippen LogP contribution >= 0.6 is 0 Å². The van der Waals surface area contributed by atoms with Crippen molar-refractivity contribution in [2.24, 2.45) is 17.8 Å². The standard InChI is InChI=1S/C15H23NO4/c1-4-9-7-10-11(8-9)14(20)16(13(10)19)15(2,3)6-5-12(17)18/h9-11H,4-8H2,1-3H3,(H,17,18). The molecule has 2 atom stereocenters. The summed E-state index contributed by atoms with van der Waals surface area (Å²) < 4.78 is 0. The Morgan fingerprint density at radius 1 is 1.25 bits per heavy atom. The second kappa shape index (κ2) is 5.19. The molecule has 2 rings (SSSR count). The van der Waals surface area contributed by atoms with E-state index < -0.39 is 11.5 Å². The van der Waals surface area contributed by atoms with Gasteiger partial charge in [0.1, 0.15) is 0 Å². The summed E-state index contributed by atoms with van der Waals surface area (Å²) in [7, 11) is 0. The van der Waals surface area contributed by atoms with E-state index in [1.165, 1.54) is 4.90 Å². The SMILES string of the molecule is CCC1CC2C(=O)N(C(C)(C)CCC(=O)O)C(=O)C2C1. The zero-order chi connectivity index (χ0) is 15.1. The average molecular weight is 281 g/mol. The van der Waals surface area contributed by atoms with E-state index in [2.05, 4.69) is 6.92 Å². The van der Waals surface area contributed by atoms with Gasteiger partial charge in [-0.05, 0) is 39.0 Å². The molecule has 2 aliphatic rings. The summed E-state index contributed by atoms with van der Waals surface area (Å²) in [4.78, 5) is 37.1. The first-order chi connectivity index (χ1) is 9.27. The molecule has 2 amide bonds. The Hall–Kier alpha value is -1.39. The maximum Gasteiger partial charge on any atom is 0.303 e. The molecule has 0 radical (unpaired) electrons. The van der Waals surface area contributed by atoms with E-state index in [9.17, 15) is 14.4 Å². The molecular weight excluding hydrogens is 258 g/mol. The van der Waals surface area contributed by atoms with Gasteiger partial charge in [0.2, 0.25) is 11.8 Å². The van der Waals surface area contributed by atoms with E-state index in [1.807, 2.05) is 0 Å². The van der Waals surface area contributed by atoms with Crippen LogP contribution in [-0.2, 0) is 14.4 Å². The molecule has 1 aliphatic heterocycles. The molecule has 0 spiro atoms. The predicted octanol–water partition coefficient (Wildman–Crippen LogP) is 2.05. The molecule has 0 aromatic carbocycles. The van der Waals surface area contributed by atoms with Crippen molar-refractivity contribution < 1.29 is 19.5 Å². The monoisotopic (exact) mass is 281 g/mol. The number of hydrogen-bond acceptors (Lipinski definition) is 3. The Morgan fingerprint density at radius 2 is 1.75 bits per heavy atom. The van der Waals surface area contributed by atoms with Crippen LogP contribution in [0.3, 0.4) is 0 Å². The van der Waals surface area contributed by atoms with Crippen LogP contribution < -0.4 is 0 Å². The lowest BCUT2D eigenvalue weighted by atomic mass is 9.95. The minimum atomic E-state index is -0.900. The first-order valence-corrected chi connectivity index (χ1v) is 7.37. The summed E-state index contributed by atoms with van der Waals surface area (Å²) in [5.74, 6) is -0.948. The largest absolute Gasteiger partial charge is 0.481 e. The Morgan fingerprint density at radius 3 is 2.15 bits per heavy atom. The summed E-state index contributed by atoms with van der Waals surface area (Å²) in [5.41, 5.74) is -0.710. The van der Waals surface area contributed by atoms with Gasteiger partial charge in [0.15, 0.2) is 0 Å². The fourth-order valence-electron chi connectivity index (χ4n) is 3.58. The smallest absolute Gasteiger partial charge is 0.303 e. The highest BCUT2D eigenvalue weighted by Crippen LogP contribution is 2.46. The van der Waals surface area contributed by atoms with Crippen molar-refractivity contribution in [1.82, 2.24) is 4.90 Å². The van der Waals surface area contributed by atoms with Crippen LogP contribution in [0.4, 0.5) is 0 Å². The van der Waals surface area contributed by atoms with Gasteiger partial charge in [-0.1, -0.05) is 13.3 Å². The van der Waals surface area contributed by atoms with Crippen LogP contribution in [-0.4, -0.2) is 33.3 Å². The third kappa shape index (κ3) is 2.45. The number of fused-ring (bicyclic) bond motifs is 1. The van der Waals surface area contributed by atoms with Crippen LogP contribution in [0.1, 0.15) is 52.9 Å². The van der Waals surface area contributed by atoms with Gasteiger partial charge in [0.05, 0.1) is 11.8 Å². The van der Waals surface area contributed by atoms with Gasteiger partial charge in [-0.25, -0.2) is 0 Å². The number of carboxylic acids is 1. The Kier molecular flexibility index (Phi) is 3.89. The predicted molar refractivity (Wildman–Crippen MR) is 72.8 cm³/mol. The van der Waals surface area contributed by atoms with Crippen molar-refractivity contribution >= 4 is 17.8 Å². The topological polar surface area (TPSA) is 74.7 Å². The van der Waals surface area contributed by atoms with Gasteiger partial charge < -0.3 is 5.11 Å². The van der Waals surface area contributed by atoms with Gasteiger partial charge in [-0.2, -0.15) is 0 Å². The Bertz CT molecular complexity index is 419. The van der Waals surface area contributed by atoms with Crippen molar-refractivity contribution in [2.45, 2.75) is 58.4 Å². The molecule has 1 heterocycles. The first kappa shape index (κ1) is 15.0. The Labute approximate surface area is 119 Å². The molecule has 5 heteroatoms. The minimum Gasteiger partial charge on any atom is -0.481 e. The van der Waals surface area contributed by atoms with Crippen LogP contribution in [0.2, 0.25) is 0 Å². The van der Waals surface area contributed by atoms with E-state index in [0.717, 1.165) is 19.3 Å². The summed E-state index contributed by atoms with van der Waals surface area (Å²) in [6.45, 7) is 5.66. The highest BCUT2D eigenvalue weighted by molar-refractivity contribution is 6.06. The minimum absolute atomic E-state index is 0.0308. The number of rotatable bonds is 5. The maximum absolute atomic E-state index is 12.5. The van der Waals surface area contributed by atoms with Crippen LogP contribution in [0.15, 0.2) is 0 Å². The number of nitrogens with zero attached hydrogens (tertiary/aromatic N) is 1. The highest BCUT2D eigenvalue weighted by Gasteiger charge is 2.55. The number of aliphatic carboxylic acids is 1. The molecular formula is C15H23NO4. The number of likely N-dealkylation sites (tertiary alicyclic amines) is 1. The molecule has 2 unspecified atom stereocenters. The molecule has 1 aliphatic carbocycles. The van der Waals surface area contributed by atoms with E-state index in [0.29, 0.717) is 12.3 Å². The molecule has 0 bridgehead atoms. The van der Waals surface area contributed by atoms with Crippen molar-refractivity contribution in [1.29, 1.82) is 0 Å². The summed E-state index contributed by atoms with van der Waals surface area (Å²) in [6.07, 6.45) is 2.89. The van der Waals surface area contributed by atoms with Crippen LogP contribution in [0.5, 0.6) is 0 Å². The molecule has 0 aromatic rings. The second-order valence-electron chi connectivity index (χ2n) is 6.68. The highest BCUT2D eigenvalue weighted by atomic mass is 16.4. The zero-order valence-electron chi connectivity index (χ0n) is 12.4. The number of carboxylic acid groups (broad SMARTS) is 1. The normalized spacial score (nSPS) is 29.9. The third-order valence-corrected chi connectivity index (χ3v) is 4.87. The van der Waals surface area contributed by atoms with Crippen molar-refractivity contribution in [3.05, 3.63) is 0 Å². The molecule has 20 heavy (non-hydrogen) atoms. The van der Waals surface area contributed by atoms with Crippen molar-refractivity contribution in [3.63, 3.8) is 0 Å². The summed E-state index contributed by atoms with van der Waals surface area (Å²) >= 11 is 0. The average Bonchev–Trinajstić information content (AvgIpc) is 2.88. The van der Waals surface area contributed by atoms with Crippen molar-refractivity contribution in [2.75, 3.05) is 0 Å². The van der Waals surface area contributed by atoms with E-state index in [-0.39, 0.29) is 30.1 Å². The molecule has 0 aromatic heterocycles. The summed E-state index contributed by atoms with van der Waals surface area (Å²) in [6, 6.07) is 0. The molecule has 1 saturated carbocycles. The van der Waals surface area contributed by atoms with Gasteiger partial charge in [-0.15, -0.1) is 0 Å². The lowest BCUT2D eigenvalue weighted by molar-refractivity contribution is -0.149. The van der Waals surface area contributed by atoms with E-state index in [4.69, 9.17) is 5.11 Å².